The summed E-state index contributed by atoms with van der Waals surface area (Å²) in [6, 6.07) is 6.09. The number of hydroxylamine groups is 1. The standard InChI is InChI=1S/C10H11BrN2O5S/c1-2-7-13(18-10(14)15)12-19(16,17)9-6-4-3-5-8(9)11/h2-6,12H,1,7H2,(H,14,15). The van der Waals surface area contributed by atoms with Crippen molar-refractivity contribution in [2.75, 3.05) is 6.54 Å². The van der Waals surface area contributed by atoms with Crippen LogP contribution in [0.4, 0.5) is 4.79 Å². The Labute approximate surface area is 118 Å². The fraction of sp³-hybridized carbons (Fsp3) is 0.100. The lowest BCUT2D eigenvalue weighted by Gasteiger charge is -2.18. The Morgan fingerprint density at radius 1 is 1.53 bits per heavy atom. The first-order valence-electron chi connectivity index (χ1n) is 4.93. The number of sulfonamides is 1. The van der Waals surface area contributed by atoms with E-state index in [1.807, 2.05) is 4.83 Å². The molecule has 0 unspecified atom stereocenters. The van der Waals surface area contributed by atoms with Crippen LogP contribution in [0.2, 0.25) is 0 Å². The highest BCUT2D eigenvalue weighted by Gasteiger charge is 2.22. The number of rotatable bonds is 6. The average molecular weight is 351 g/mol. The minimum absolute atomic E-state index is 0.0435. The van der Waals surface area contributed by atoms with Crippen LogP contribution in [0.5, 0.6) is 0 Å². The molecule has 19 heavy (non-hydrogen) atoms. The summed E-state index contributed by atoms with van der Waals surface area (Å²) in [5.74, 6) is 0. The van der Waals surface area contributed by atoms with Crippen molar-refractivity contribution in [2.24, 2.45) is 0 Å². The molecule has 0 bridgehead atoms. The van der Waals surface area contributed by atoms with Crippen molar-refractivity contribution < 1.29 is 23.2 Å². The van der Waals surface area contributed by atoms with Crippen LogP contribution in [0, 0.1) is 0 Å². The molecule has 9 heteroatoms. The third-order valence-electron chi connectivity index (χ3n) is 1.83. The first-order valence-corrected chi connectivity index (χ1v) is 7.20. The maximum absolute atomic E-state index is 12.0. The monoisotopic (exact) mass is 350 g/mol. The molecule has 1 rings (SSSR count). The van der Waals surface area contributed by atoms with Crippen molar-refractivity contribution in [2.45, 2.75) is 4.90 Å². The zero-order valence-electron chi connectivity index (χ0n) is 9.61. The van der Waals surface area contributed by atoms with Crippen molar-refractivity contribution >= 4 is 32.1 Å². The molecule has 2 N–H and O–H groups in total. The van der Waals surface area contributed by atoms with Crippen LogP contribution in [0.15, 0.2) is 46.3 Å². The summed E-state index contributed by atoms with van der Waals surface area (Å²) < 4.78 is 24.4. The molecule has 0 amide bonds. The summed E-state index contributed by atoms with van der Waals surface area (Å²) in [6.07, 6.45) is -0.359. The molecule has 0 aliphatic rings. The molecule has 0 aliphatic carbocycles. The molecular weight excluding hydrogens is 340 g/mol. The van der Waals surface area contributed by atoms with Crippen LogP contribution in [-0.2, 0) is 14.9 Å². The number of carbonyl (C=O) groups is 1. The number of hydrogen-bond acceptors (Lipinski definition) is 5. The second kappa shape index (κ2) is 6.66. The van der Waals surface area contributed by atoms with E-state index in [1.165, 1.54) is 18.2 Å². The topological polar surface area (TPSA) is 95.9 Å². The molecule has 104 valence electrons. The van der Waals surface area contributed by atoms with Crippen molar-refractivity contribution in [1.82, 2.24) is 10.0 Å². The SMILES string of the molecule is C=CCN(NS(=O)(=O)c1ccccc1Br)OC(=O)O. The Morgan fingerprint density at radius 3 is 2.68 bits per heavy atom. The van der Waals surface area contributed by atoms with E-state index in [2.05, 4.69) is 27.3 Å². The minimum Gasteiger partial charge on any atom is -0.448 e. The Bertz CT molecular complexity index is 575. The normalized spacial score (nSPS) is 11.3. The Morgan fingerprint density at radius 2 is 2.16 bits per heavy atom. The lowest BCUT2D eigenvalue weighted by Crippen LogP contribution is -2.43. The lowest BCUT2D eigenvalue weighted by atomic mass is 10.4. The molecular formula is C10H11BrN2O5S. The fourth-order valence-electron chi connectivity index (χ4n) is 1.15. The van der Waals surface area contributed by atoms with Crippen LogP contribution in [0.25, 0.3) is 0 Å². The van der Waals surface area contributed by atoms with Gasteiger partial charge in [0.15, 0.2) is 0 Å². The van der Waals surface area contributed by atoms with Gasteiger partial charge in [-0.05, 0) is 28.1 Å². The number of carboxylic acid groups (broad SMARTS) is 1. The molecule has 1 aromatic carbocycles. The third-order valence-corrected chi connectivity index (χ3v) is 4.16. The highest BCUT2D eigenvalue weighted by molar-refractivity contribution is 9.10. The van der Waals surface area contributed by atoms with Gasteiger partial charge in [0.1, 0.15) is 0 Å². The molecule has 7 nitrogen and oxygen atoms in total. The quantitative estimate of drug-likeness (QED) is 0.599. The van der Waals surface area contributed by atoms with E-state index >= 15 is 0 Å². The van der Waals surface area contributed by atoms with Gasteiger partial charge in [-0.15, -0.1) is 11.4 Å². The van der Waals surface area contributed by atoms with Gasteiger partial charge in [-0.2, -0.15) is 0 Å². The number of hydrazine groups is 1. The Hall–Kier alpha value is -1.42. The number of halogens is 1. The van der Waals surface area contributed by atoms with E-state index in [9.17, 15) is 13.2 Å². The molecule has 0 heterocycles. The molecule has 0 radical (unpaired) electrons. The minimum atomic E-state index is -3.97. The van der Waals surface area contributed by atoms with Gasteiger partial charge in [0, 0.05) is 4.47 Å². The molecule has 0 atom stereocenters. The van der Waals surface area contributed by atoms with E-state index in [1.54, 1.807) is 12.1 Å². The van der Waals surface area contributed by atoms with Crippen molar-refractivity contribution in [3.63, 3.8) is 0 Å². The van der Waals surface area contributed by atoms with Gasteiger partial charge >= 0.3 is 6.16 Å². The van der Waals surface area contributed by atoms with Gasteiger partial charge in [0.2, 0.25) is 0 Å². The zero-order chi connectivity index (χ0) is 14.5. The summed E-state index contributed by atoms with van der Waals surface area (Å²) in [5, 5.41) is 9.04. The van der Waals surface area contributed by atoms with Gasteiger partial charge in [-0.3, -0.25) is 0 Å². The van der Waals surface area contributed by atoms with Crippen molar-refractivity contribution in [1.29, 1.82) is 0 Å². The molecule has 0 spiro atoms. The average Bonchev–Trinajstić information content (AvgIpc) is 2.28. The molecule has 1 aromatic rings. The molecule has 0 aliphatic heterocycles. The maximum Gasteiger partial charge on any atom is 0.526 e. The largest absolute Gasteiger partial charge is 0.526 e. The molecule has 0 aromatic heterocycles. The van der Waals surface area contributed by atoms with E-state index in [4.69, 9.17) is 5.11 Å². The highest BCUT2D eigenvalue weighted by atomic mass is 79.9. The zero-order valence-corrected chi connectivity index (χ0v) is 12.0. The summed E-state index contributed by atoms with van der Waals surface area (Å²) in [7, 11) is -3.97. The van der Waals surface area contributed by atoms with E-state index in [0.29, 0.717) is 9.64 Å². The van der Waals surface area contributed by atoms with Crippen molar-refractivity contribution in [3.05, 3.63) is 41.4 Å². The van der Waals surface area contributed by atoms with Crippen molar-refractivity contribution in [3.8, 4) is 0 Å². The van der Waals surface area contributed by atoms with Gasteiger partial charge < -0.3 is 9.94 Å². The van der Waals surface area contributed by atoms with Crippen LogP contribution >= 0.6 is 15.9 Å². The second-order valence-corrected chi connectivity index (χ2v) is 5.72. The van der Waals surface area contributed by atoms with Gasteiger partial charge in [-0.25, -0.2) is 13.2 Å². The summed E-state index contributed by atoms with van der Waals surface area (Å²) in [4.78, 5) is 16.6. The summed E-state index contributed by atoms with van der Waals surface area (Å²) in [6.45, 7) is 3.23. The second-order valence-electron chi connectivity index (χ2n) is 3.23. The Kier molecular flexibility index (Phi) is 5.48. The number of nitrogens with one attached hydrogen (secondary N) is 1. The van der Waals surface area contributed by atoms with Crippen LogP contribution < -0.4 is 4.83 Å². The van der Waals surface area contributed by atoms with E-state index in [-0.39, 0.29) is 11.4 Å². The number of hydrogen-bond donors (Lipinski definition) is 2. The molecule has 0 saturated heterocycles. The first-order chi connectivity index (χ1) is 8.86. The smallest absolute Gasteiger partial charge is 0.448 e. The fourth-order valence-corrected chi connectivity index (χ4v) is 3.14. The van der Waals surface area contributed by atoms with Crippen LogP contribution in [0.3, 0.4) is 0 Å². The molecule has 0 saturated carbocycles. The summed E-state index contributed by atoms with van der Waals surface area (Å²) >= 11 is 3.10. The Balaban J connectivity index is 2.97. The number of nitrogens with zero attached hydrogens (tertiary/aromatic N) is 1. The van der Waals surface area contributed by atoms with Gasteiger partial charge in [0.25, 0.3) is 10.0 Å². The van der Waals surface area contributed by atoms with E-state index < -0.39 is 16.2 Å². The van der Waals surface area contributed by atoms with Crippen LogP contribution in [0.1, 0.15) is 0 Å². The summed E-state index contributed by atoms with van der Waals surface area (Å²) in [5.41, 5.74) is 0. The predicted molar refractivity (Wildman–Crippen MR) is 70.5 cm³/mol. The maximum atomic E-state index is 12.0. The molecule has 0 fully saturated rings. The number of benzene rings is 1. The van der Waals surface area contributed by atoms with Crippen LogP contribution in [-0.4, -0.2) is 31.4 Å². The lowest BCUT2D eigenvalue weighted by molar-refractivity contribution is -0.129. The van der Waals surface area contributed by atoms with E-state index in [0.717, 1.165) is 0 Å². The van der Waals surface area contributed by atoms with Gasteiger partial charge in [0.05, 0.1) is 11.4 Å². The first kappa shape index (κ1) is 15.6. The highest BCUT2D eigenvalue weighted by Crippen LogP contribution is 2.21. The predicted octanol–water partition coefficient (Wildman–Crippen LogP) is 1.74. The third kappa shape index (κ3) is 4.63. The van der Waals surface area contributed by atoms with Gasteiger partial charge in [-0.1, -0.05) is 23.4 Å².